The van der Waals surface area contributed by atoms with E-state index in [1.807, 2.05) is 30.3 Å². The lowest BCUT2D eigenvalue weighted by Gasteiger charge is -2.36. The maximum absolute atomic E-state index is 12.0. The molecule has 0 amide bonds. The SMILES string of the molecule is COC1CN(S(=O)(=O)NCc2n[nH]c(Cc3ccccc3)n2)C1. The summed E-state index contributed by atoms with van der Waals surface area (Å²) in [7, 11) is -1.93. The number of ether oxygens (including phenoxy) is 1. The van der Waals surface area contributed by atoms with Crippen LogP contribution in [-0.4, -0.2) is 54.2 Å². The Morgan fingerprint density at radius 1 is 1.35 bits per heavy atom. The largest absolute Gasteiger partial charge is 0.379 e. The lowest BCUT2D eigenvalue weighted by Crippen LogP contribution is -2.57. The quantitative estimate of drug-likeness (QED) is 0.744. The number of aromatic amines is 1. The lowest BCUT2D eigenvalue weighted by atomic mass is 10.1. The van der Waals surface area contributed by atoms with Crippen LogP contribution in [0.1, 0.15) is 17.2 Å². The standard InChI is InChI=1S/C14H19N5O3S/c1-22-12-9-19(10-12)23(20,21)15-8-14-16-13(17-18-14)7-11-5-3-2-4-6-11/h2-6,12,15H,7-10H2,1H3,(H,16,17,18). The zero-order valence-corrected chi connectivity index (χ0v) is 13.6. The van der Waals surface area contributed by atoms with Gasteiger partial charge in [-0.3, -0.25) is 5.10 Å². The van der Waals surface area contributed by atoms with Crippen LogP contribution in [0.3, 0.4) is 0 Å². The summed E-state index contributed by atoms with van der Waals surface area (Å²) in [6.07, 6.45) is 0.606. The third-order valence-corrected chi connectivity index (χ3v) is 5.18. The number of nitrogens with zero attached hydrogens (tertiary/aromatic N) is 3. The van der Waals surface area contributed by atoms with Gasteiger partial charge in [-0.15, -0.1) is 0 Å². The van der Waals surface area contributed by atoms with Gasteiger partial charge < -0.3 is 4.74 Å². The molecular weight excluding hydrogens is 318 g/mol. The first-order valence-corrected chi connectivity index (χ1v) is 8.72. The van der Waals surface area contributed by atoms with Crippen molar-refractivity contribution in [2.75, 3.05) is 20.2 Å². The van der Waals surface area contributed by atoms with Crippen molar-refractivity contribution < 1.29 is 13.2 Å². The maximum Gasteiger partial charge on any atom is 0.280 e. The van der Waals surface area contributed by atoms with Crippen molar-refractivity contribution in [2.24, 2.45) is 0 Å². The molecule has 0 spiro atoms. The van der Waals surface area contributed by atoms with Gasteiger partial charge in [0.05, 0.1) is 12.6 Å². The Balaban J connectivity index is 1.53. The van der Waals surface area contributed by atoms with Crippen molar-refractivity contribution in [2.45, 2.75) is 19.1 Å². The van der Waals surface area contributed by atoms with Gasteiger partial charge in [0.15, 0.2) is 5.82 Å². The Kier molecular flexibility index (Phi) is 4.71. The fourth-order valence-corrected chi connectivity index (χ4v) is 3.49. The number of H-pyrrole nitrogens is 1. The first-order valence-electron chi connectivity index (χ1n) is 7.28. The Morgan fingerprint density at radius 2 is 2.09 bits per heavy atom. The van der Waals surface area contributed by atoms with Gasteiger partial charge in [0, 0.05) is 26.6 Å². The van der Waals surface area contributed by atoms with Gasteiger partial charge in [-0.1, -0.05) is 30.3 Å². The molecule has 1 aromatic heterocycles. The van der Waals surface area contributed by atoms with Gasteiger partial charge >= 0.3 is 0 Å². The van der Waals surface area contributed by atoms with Crippen molar-refractivity contribution >= 4 is 10.2 Å². The molecule has 1 aliphatic rings. The summed E-state index contributed by atoms with van der Waals surface area (Å²) in [6, 6.07) is 9.87. The zero-order valence-electron chi connectivity index (χ0n) is 12.8. The van der Waals surface area contributed by atoms with E-state index in [9.17, 15) is 8.42 Å². The molecule has 3 rings (SSSR count). The molecule has 1 saturated heterocycles. The van der Waals surface area contributed by atoms with Gasteiger partial charge in [-0.2, -0.15) is 22.5 Å². The first-order chi connectivity index (χ1) is 11.1. The molecule has 0 unspecified atom stereocenters. The second kappa shape index (κ2) is 6.75. The highest BCUT2D eigenvalue weighted by molar-refractivity contribution is 7.87. The molecule has 23 heavy (non-hydrogen) atoms. The van der Waals surface area contributed by atoms with Crippen LogP contribution < -0.4 is 4.72 Å². The molecule has 0 atom stereocenters. The molecule has 1 aliphatic heterocycles. The highest BCUT2D eigenvalue weighted by Crippen LogP contribution is 2.14. The average molecular weight is 337 g/mol. The number of benzene rings is 1. The zero-order chi connectivity index (χ0) is 16.3. The fourth-order valence-electron chi connectivity index (χ4n) is 2.28. The normalized spacial score (nSPS) is 16.4. The van der Waals surface area contributed by atoms with Crippen molar-refractivity contribution in [3.05, 3.63) is 47.5 Å². The minimum atomic E-state index is -3.50. The number of aromatic nitrogens is 3. The molecule has 1 aromatic carbocycles. The molecule has 8 nitrogen and oxygen atoms in total. The van der Waals surface area contributed by atoms with Crippen LogP contribution in [0.4, 0.5) is 0 Å². The van der Waals surface area contributed by atoms with E-state index in [4.69, 9.17) is 4.74 Å². The van der Waals surface area contributed by atoms with Crippen LogP contribution in [0.2, 0.25) is 0 Å². The second-order valence-corrected chi connectivity index (χ2v) is 7.12. The summed E-state index contributed by atoms with van der Waals surface area (Å²) in [5, 5.41) is 6.88. The molecule has 124 valence electrons. The van der Waals surface area contributed by atoms with Crippen molar-refractivity contribution in [1.29, 1.82) is 0 Å². The average Bonchev–Trinajstić information content (AvgIpc) is 2.93. The number of nitrogens with one attached hydrogen (secondary N) is 2. The van der Waals surface area contributed by atoms with Crippen LogP contribution in [-0.2, 0) is 27.9 Å². The van der Waals surface area contributed by atoms with Gasteiger partial charge in [0.1, 0.15) is 5.82 Å². The lowest BCUT2D eigenvalue weighted by molar-refractivity contribution is 0.0119. The molecule has 2 heterocycles. The van der Waals surface area contributed by atoms with Crippen LogP contribution in [0, 0.1) is 0 Å². The van der Waals surface area contributed by atoms with Gasteiger partial charge in [-0.25, -0.2) is 4.98 Å². The molecule has 0 saturated carbocycles. The van der Waals surface area contributed by atoms with Crippen molar-refractivity contribution in [1.82, 2.24) is 24.2 Å². The summed E-state index contributed by atoms with van der Waals surface area (Å²) >= 11 is 0. The first kappa shape index (κ1) is 16.1. The number of rotatable bonds is 7. The number of methoxy groups -OCH3 is 1. The third-order valence-electron chi connectivity index (χ3n) is 3.69. The Labute approximate surface area is 135 Å². The van der Waals surface area contributed by atoms with Gasteiger partial charge in [-0.05, 0) is 5.56 Å². The third kappa shape index (κ3) is 3.94. The molecule has 2 N–H and O–H groups in total. The van der Waals surface area contributed by atoms with Crippen LogP contribution >= 0.6 is 0 Å². The summed E-state index contributed by atoms with van der Waals surface area (Å²) in [5.74, 6) is 1.12. The highest BCUT2D eigenvalue weighted by atomic mass is 32.2. The molecule has 0 radical (unpaired) electrons. The van der Waals surface area contributed by atoms with E-state index in [-0.39, 0.29) is 12.6 Å². The molecule has 1 fully saturated rings. The Bertz CT molecular complexity index is 741. The second-order valence-electron chi connectivity index (χ2n) is 5.36. The summed E-state index contributed by atoms with van der Waals surface area (Å²) in [4.78, 5) is 4.31. The van der Waals surface area contributed by atoms with E-state index >= 15 is 0 Å². The Hall–Kier alpha value is -1.81. The molecular formula is C14H19N5O3S. The Morgan fingerprint density at radius 3 is 2.78 bits per heavy atom. The number of hydrogen-bond donors (Lipinski definition) is 2. The minimum Gasteiger partial charge on any atom is -0.379 e. The van der Waals surface area contributed by atoms with E-state index in [1.165, 1.54) is 4.31 Å². The van der Waals surface area contributed by atoms with E-state index < -0.39 is 10.2 Å². The van der Waals surface area contributed by atoms with Crippen molar-refractivity contribution in [3.63, 3.8) is 0 Å². The van der Waals surface area contributed by atoms with Gasteiger partial charge in [0.2, 0.25) is 0 Å². The summed E-state index contributed by atoms with van der Waals surface area (Å²) in [5.41, 5.74) is 1.11. The maximum atomic E-state index is 12.0. The number of hydrogen-bond acceptors (Lipinski definition) is 5. The van der Waals surface area contributed by atoms with E-state index in [0.29, 0.717) is 31.2 Å². The smallest absolute Gasteiger partial charge is 0.280 e. The monoisotopic (exact) mass is 337 g/mol. The van der Waals surface area contributed by atoms with Crippen molar-refractivity contribution in [3.8, 4) is 0 Å². The van der Waals surface area contributed by atoms with Gasteiger partial charge in [0.25, 0.3) is 10.2 Å². The van der Waals surface area contributed by atoms with Crippen LogP contribution in [0.25, 0.3) is 0 Å². The molecule has 2 aromatic rings. The van der Waals surface area contributed by atoms with Crippen LogP contribution in [0.15, 0.2) is 30.3 Å². The molecule has 0 bridgehead atoms. The molecule has 0 aliphatic carbocycles. The predicted molar refractivity (Wildman–Crippen MR) is 83.8 cm³/mol. The van der Waals surface area contributed by atoms with E-state index in [1.54, 1.807) is 7.11 Å². The molecule has 9 heteroatoms. The summed E-state index contributed by atoms with van der Waals surface area (Å²) < 4.78 is 33.0. The summed E-state index contributed by atoms with van der Waals surface area (Å²) in [6.45, 7) is 0.805. The highest BCUT2D eigenvalue weighted by Gasteiger charge is 2.35. The fraction of sp³-hybridized carbons (Fsp3) is 0.429. The predicted octanol–water partition coefficient (Wildman–Crippen LogP) is 0.0605. The minimum absolute atomic E-state index is 0.0208. The van der Waals surface area contributed by atoms with E-state index in [2.05, 4.69) is 19.9 Å². The topological polar surface area (TPSA) is 100 Å². The van der Waals surface area contributed by atoms with Crippen LogP contribution in [0.5, 0.6) is 0 Å². The van der Waals surface area contributed by atoms with E-state index in [0.717, 1.165) is 5.56 Å².